The van der Waals surface area contributed by atoms with E-state index in [9.17, 15) is 13.2 Å². The number of nitrogens with zero attached hydrogens (tertiary/aromatic N) is 1. The minimum atomic E-state index is -3.54. The Morgan fingerprint density at radius 2 is 1.78 bits per heavy atom. The molecule has 2 aromatic rings. The number of carbonyl (C=O) groups excluding carboxylic acids is 1. The zero-order valence-corrected chi connectivity index (χ0v) is 20.0. The Kier molecular flexibility index (Phi) is 8.32. The van der Waals surface area contributed by atoms with Gasteiger partial charge in [-0.3, -0.25) is 4.79 Å². The maximum atomic E-state index is 13.1. The molecule has 0 aromatic heterocycles. The van der Waals surface area contributed by atoms with E-state index in [1.54, 1.807) is 16.4 Å². The molecule has 1 atom stereocenters. The zero-order valence-electron chi connectivity index (χ0n) is 19.2. The molecule has 0 saturated carbocycles. The summed E-state index contributed by atoms with van der Waals surface area (Å²) in [4.78, 5) is 12.5. The number of carbonyl (C=O) groups is 1. The number of amides is 1. The van der Waals surface area contributed by atoms with Crippen LogP contribution < -0.4 is 10.1 Å². The Hall–Kier alpha value is -2.38. The molecule has 1 heterocycles. The van der Waals surface area contributed by atoms with Gasteiger partial charge in [-0.1, -0.05) is 50.1 Å². The van der Waals surface area contributed by atoms with E-state index in [1.165, 1.54) is 5.56 Å². The van der Waals surface area contributed by atoms with E-state index < -0.39 is 10.0 Å². The first-order valence-electron chi connectivity index (χ1n) is 11.4. The smallest absolute Gasteiger partial charge is 0.257 e. The van der Waals surface area contributed by atoms with Gasteiger partial charge in [0.15, 0.2) is 6.61 Å². The molecule has 1 fully saturated rings. The normalized spacial score (nSPS) is 17.3. The molecule has 32 heavy (non-hydrogen) atoms. The molecule has 1 amide bonds. The molecule has 1 N–H and O–H groups in total. The lowest BCUT2D eigenvalue weighted by Crippen LogP contribution is -2.45. The van der Waals surface area contributed by atoms with Gasteiger partial charge in [-0.2, -0.15) is 4.31 Å². The number of sulfonamides is 1. The van der Waals surface area contributed by atoms with Crippen LogP contribution in [-0.2, 0) is 14.8 Å². The second kappa shape index (κ2) is 11.0. The third kappa shape index (κ3) is 6.33. The zero-order chi connectivity index (χ0) is 23.1. The highest BCUT2D eigenvalue weighted by Crippen LogP contribution is 2.27. The first-order valence-corrected chi connectivity index (χ1v) is 12.8. The van der Waals surface area contributed by atoms with Crippen LogP contribution >= 0.6 is 0 Å². The molecular formula is C25H34N2O4S. The molecule has 3 rings (SSSR count). The Bertz CT molecular complexity index is 986. The van der Waals surface area contributed by atoms with Crippen LogP contribution in [0.25, 0.3) is 0 Å². The fourth-order valence-electron chi connectivity index (χ4n) is 3.95. The van der Waals surface area contributed by atoms with Crippen molar-refractivity contribution < 1.29 is 17.9 Å². The molecule has 2 aromatic carbocycles. The van der Waals surface area contributed by atoms with Crippen molar-refractivity contribution in [2.24, 2.45) is 0 Å². The summed E-state index contributed by atoms with van der Waals surface area (Å²) in [5.74, 6) is 0.899. The summed E-state index contributed by atoms with van der Waals surface area (Å²) in [6, 6.07) is 14.6. The van der Waals surface area contributed by atoms with Crippen LogP contribution in [0.3, 0.4) is 0 Å². The number of aryl methyl sites for hydroxylation is 1. The summed E-state index contributed by atoms with van der Waals surface area (Å²) in [7, 11) is -3.54. The van der Waals surface area contributed by atoms with Crippen molar-refractivity contribution in [3.8, 4) is 5.75 Å². The van der Waals surface area contributed by atoms with Gasteiger partial charge >= 0.3 is 0 Å². The van der Waals surface area contributed by atoms with Gasteiger partial charge in [-0.05, 0) is 61.9 Å². The molecule has 7 heteroatoms. The number of benzene rings is 2. The van der Waals surface area contributed by atoms with Crippen molar-refractivity contribution >= 4 is 15.9 Å². The first-order chi connectivity index (χ1) is 15.3. The van der Waals surface area contributed by atoms with Gasteiger partial charge in [-0.15, -0.1) is 0 Å². The molecule has 6 nitrogen and oxygen atoms in total. The van der Waals surface area contributed by atoms with E-state index in [1.807, 2.05) is 43.3 Å². The highest BCUT2D eigenvalue weighted by atomic mass is 32.2. The second-order valence-corrected chi connectivity index (χ2v) is 10.6. The van der Waals surface area contributed by atoms with Crippen LogP contribution in [0, 0.1) is 6.92 Å². The highest BCUT2D eigenvalue weighted by Gasteiger charge is 2.33. The van der Waals surface area contributed by atoms with Crippen molar-refractivity contribution in [1.82, 2.24) is 9.62 Å². The van der Waals surface area contributed by atoms with E-state index >= 15 is 0 Å². The number of ether oxygens (including phenoxy) is 1. The lowest BCUT2D eigenvalue weighted by molar-refractivity contribution is -0.123. The quantitative estimate of drug-likeness (QED) is 0.610. The molecule has 0 bridgehead atoms. The molecule has 1 saturated heterocycles. The third-order valence-corrected chi connectivity index (χ3v) is 7.88. The Morgan fingerprint density at radius 1 is 1.09 bits per heavy atom. The van der Waals surface area contributed by atoms with Crippen molar-refractivity contribution in [2.45, 2.75) is 63.3 Å². The van der Waals surface area contributed by atoms with Crippen LogP contribution in [0.4, 0.5) is 0 Å². The number of nitrogens with one attached hydrogen (secondary N) is 1. The number of hydrogen-bond donors (Lipinski definition) is 1. The minimum Gasteiger partial charge on any atom is -0.484 e. The van der Waals surface area contributed by atoms with Gasteiger partial charge < -0.3 is 10.1 Å². The summed E-state index contributed by atoms with van der Waals surface area (Å²) in [5, 5.41) is 2.86. The Morgan fingerprint density at radius 3 is 2.44 bits per heavy atom. The molecule has 0 spiro atoms. The van der Waals surface area contributed by atoms with Gasteiger partial charge in [-0.25, -0.2) is 8.42 Å². The van der Waals surface area contributed by atoms with Crippen LogP contribution in [0.1, 0.15) is 56.6 Å². The van der Waals surface area contributed by atoms with Crippen molar-refractivity contribution in [2.75, 3.05) is 19.7 Å². The van der Waals surface area contributed by atoms with E-state index in [-0.39, 0.29) is 18.6 Å². The summed E-state index contributed by atoms with van der Waals surface area (Å²) >= 11 is 0. The summed E-state index contributed by atoms with van der Waals surface area (Å²) in [6.07, 6.45) is 3.24. The fourth-order valence-corrected chi connectivity index (χ4v) is 5.68. The maximum absolute atomic E-state index is 13.1. The molecule has 1 aliphatic rings. The van der Waals surface area contributed by atoms with Gasteiger partial charge in [0, 0.05) is 19.1 Å². The Balaban J connectivity index is 1.50. The average molecular weight is 459 g/mol. The van der Waals surface area contributed by atoms with Crippen molar-refractivity contribution in [1.29, 1.82) is 0 Å². The SMILES string of the molecule is Cc1ccc(S(=O)(=O)N2CCCCC2CCNC(=O)COc2ccc(C(C)C)cc2)cc1. The van der Waals surface area contributed by atoms with Crippen molar-refractivity contribution in [3.05, 3.63) is 59.7 Å². The standard InChI is InChI=1S/C25H34N2O4S/c1-19(2)21-9-11-23(12-10-21)31-18-25(28)26-16-15-22-6-4-5-17-27(22)32(29,30)24-13-7-20(3)8-14-24/h7-14,19,22H,4-6,15-18H2,1-3H3,(H,26,28). The number of hydrogen-bond acceptors (Lipinski definition) is 4. The summed E-state index contributed by atoms with van der Waals surface area (Å²) in [6.45, 7) is 7.07. The van der Waals surface area contributed by atoms with Crippen LogP contribution in [-0.4, -0.2) is 44.4 Å². The van der Waals surface area contributed by atoms with Gasteiger partial charge in [0.2, 0.25) is 10.0 Å². The monoisotopic (exact) mass is 458 g/mol. The maximum Gasteiger partial charge on any atom is 0.257 e. The molecule has 1 aliphatic heterocycles. The first kappa shape index (κ1) is 24.3. The second-order valence-electron chi connectivity index (χ2n) is 8.73. The fraction of sp³-hybridized carbons (Fsp3) is 0.480. The topological polar surface area (TPSA) is 75.7 Å². The molecule has 0 radical (unpaired) electrons. The lowest BCUT2D eigenvalue weighted by Gasteiger charge is -2.34. The molecule has 1 unspecified atom stereocenters. The largest absolute Gasteiger partial charge is 0.484 e. The van der Waals surface area contributed by atoms with Gasteiger partial charge in [0.1, 0.15) is 5.75 Å². The number of piperidine rings is 1. The third-order valence-electron chi connectivity index (χ3n) is 5.92. The summed E-state index contributed by atoms with van der Waals surface area (Å²) in [5.41, 5.74) is 2.25. The van der Waals surface area contributed by atoms with E-state index in [4.69, 9.17) is 4.74 Å². The number of rotatable bonds is 9. The highest BCUT2D eigenvalue weighted by molar-refractivity contribution is 7.89. The van der Waals surface area contributed by atoms with Crippen molar-refractivity contribution in [3.63, 3.8) is 0 Å². The average Bonchev–Trinajstić information content (AvgIpc) is 2.78. The molecular weight excluding hydrogens is 424 g/mol. The van der Waals surface area contributed by atoms with E-state index in [2.05, 4.69) is 19.2 Å². The predicted octanol–water partition coefficient (Wildman–Crippen LogP) is 4.25. The van der Waals surface area contributed by atoms with Gasteiger partial charge in [0.25, 0.3) is 5.91 Å². The van der Waals surface area contributed by atoms with Crippen LogP contribution in [0.5, 0.6) is 5.75 Å². The molecule has 174 valence electrons. The van der Waals surface area contributed by atoms with Gasteiger partial charge in [0.05, 0.1) is 4.90 Å². The van der Waals surface area contributed by atoms with Crippen LogP contribution in [0.15, 0.2) is 53.4 Å². The van der Waals surface area contributed by atoms with E-state index in [0.717, 1.165) is 24.8 Å². The molecule has 0 aliphatic carbocycles. The minimum absolute atomic E-state index is 0.0585. The Labute approximate surface area is 192 Å². The van der Waals surface area contributed by atoms with E-state index in [0.29, 0.717) is 36.1 Å². The lowest BCUT2D eigenvalue weighted by atomic mass is 10.0. The summed E-state index contributed by atoms with van der Waals surface area (Å²) < 4.78 is 33.5. The van der Waals surface area contributed by atoms with Crippen LogP contribution in [0.2, 0.25) is 0 Å². The predicted molar refractivity (Wildman–Crippen MR) is 126 cm³/mol.